The number of pyridine rings is 1. The maximum atomic E-state index is 5.66. The first-order valence-electron chi connectivity index (χ1n) is 4.07. The second kappa shape index (κ2) is 5.89. The lowest BCUT2D eigenvalue weighted by molar-refractivity contribution is 0.906. The number of alkyl halides is 1. The van der Waals surface area contributed by atoms with Crippen LogP contribution in [0, 0.1) is 0 Å². The van der Waals surface area contributed by atoms with Gasteiger partial charge in [-0.1, -0.05) is 6.92 Å². The minimum atomic E-state index is 0.517. The predicted molar refractivity (Wildman–Crippen MR) is 62.6 cm³/mol. The van der Waals surface area contributed by atoms with Gasteiger partial charge in [0.1, 0.15) is 5.03 Å². The summed E-state index contributed by atoms with van der Waals surface area (Å²) >= 11 is 10.9. The molecule has 13 heavy (non-hydrogen) atoms. The summed E-state index contributed by atoms with van der Waals surface area (Å²) in [5, 5.41) is 1.56. The third-order valence-electron chi connectivity index (χ3n) is 1.55. The van der Waals surface area contributed by atoms with Crippen LogP contribution in [0.1, 0.15) is 13.3 Å². The van der Waals surface area contributed by atoms with E-state index in [1.165, 1.54) is 0 Å². The van der Waals surface area contributed by atoms with Crippen molar-refractivity contribution in [1.29, 1.82) is 0 Å². The maximum Gasteiger partial charge on any atom is 0.110 e. The van der Waals surface area contributed by atoms with Crippen LogP contribution in [0.4, 0.5) is 0 Å². The topological polar surface area (TPSA) is 12.9 Å². The molecule has 1 atom stereocenters. The molecule has 1 unspecified atom stereocenters. The molecule has 0 radical (unpaired) electrons. The highest BCUT2D eigenvalue weighted by atomic mass is 79.9. The van der Waals surface area contributed by atoms with Gasteiger partial charge in [0.2, 0.25) is 0 Å². The molecule has 0 saturated carbocycles. The molecular formula is C9H11BrClNS. The highest BCUT2D eigenvalue weighted by Crippen LogP contribution is 2.29. The largest absolute Gasteiger partial charge is 0.249 e. The predicted octanol–water partition coefficient (Wildman–Crippen LogP) is 3.95. The van der Waals surface area contributed by atoms with Crippen molar-refractivity contribution in [2.75, 3.05) is 5.88 Å². The Hall–Kier alpha value is 0.270. The Bertz CT molecular complexity index is 270. The molecule has 0 spiro atoms. The van der Waals surface area contributed by atoms with Crippen LogP contribution < -0.4 is 0 Å². The Kier molecular flexibility index (Phi) is 5.14. The zero-order valence-electron chi connectivity index (χ0n) is 7.34. The van der Waals surface area contributed by atoms with Gasteiger partial charge in [-0.05, 0) is 34.5 Å². The fraction of sp³-hybridized carbons (Fsp3) is 0.444. The first-order chi connectivity index (χ1) is 6.24. The Morgan fingerprint density at radius 3 is 3.08 bits per heavy atom. The van der Waals surface area contributed by atoms with E-state index in [2.05, 4.69) is 27.8 Å². The van der Waals surface area contributed by atoms with Crippen molar-refractivity contribution in [3.8, 4) is 0 Å². The van der Waals surface area contributed by atoms with Crippen LogP contribution in [0.2, 0.25) is 0 Å². The van der Waals surface area contributed by atoms with Gasteiger partial charge in [-0.3, -0.25) is 0 Å². The van der Waals surface area contributed by atoms with Crippen molar-refractivity contribution in [1.82, 2.24) is 4.98 Å². The van der Waals surface area contributed by atoms with Gasteiger partial charge >= 0.3 is 0 Å². The summed E-state index contributed by atoms with van der Waals surface area (Å²) in [6.07, 6.45) is 2.82. The number of hydrogen-bond acceptors (Lipinski definition) is 2. The summed E-state index contributed by atoms with van der Waals surface area (Å²) in [5.41, 5.74) is 0. The zero-order chi connectivity index (χ0) is 9.68. The standard InChI is InChI=1S/C9H11BrClNS/c1-7(4-5-11)13-9-8(10)3-2-6-12-9/h2-3,6-7H,4-5H2,1H3. The Morgan fingerprint density at radius 2 is 2.46 bits per heavy atom. The summed E-state index contributed by atoms with van der Waals surface area (Å²) in [4.78, 5) is 4.27. The average molecular weight is 281 g/mol. The van der Waals surface area contributed by atoms with E-state index in [0.717, 1.165) is 15.9 Å². The van der Waals surface area contributed by atoms with Gasteiger partial charge in [0.15, 0.2) is 0 Å². The minimum absolute atomic E-state index is 0.517. The molecule has 1 rings (SSSR count). The fourth-order valence-corrected chi connectivity index (χ4v) is 2.77. The van der Waals surface area contributed by atoms with E-state index in [9.17, 15) is 0 Å². The van der Waals surface area contributed by atoms with E-state index in [1.807, 2.05) is 12.1 Å². The van der Waals surface area contributed by atoms with E-state index in [1.54, 1.807) is 18.0 Å². The lowest BCUT2D eigenvalue weighted by atomic mass is 10.4. The Morgan fingerprint density at radius 1 is 1.69 bits per heavy atom. The lowest BCUT2D eigenvalue weighted by Crippen LogP contribution is -1.97. The van der Waals surface area contributed by atoms with Gasteiger partial charge in [-0.2, -0.15) is 0 Å². The summed E-state index contributed by atoms with van der Waals surface area (Å²) in [5.74, 6) is 0.707. The van der Waals surface area contributed by atoms with E-state index in [0.29, 0.717) is 11.1 Å². The quantitative estimate of drug-likeness (QED) is 0.612. The third-order valence-corrected chi connectivity index (χ3v) is 3.86. The second-order valence-corrected chi connectivity index (χ2v) is 5.36. The molecule has 1 heterocycles. The van der Waals surface area contributed by atoms with Gasteiger partial charge in [0.05, 0.1) is 0 Å². The highest BCUT2D eigenvalue weighted by molar-refractivity contribution is 9.10. The first kappa shape index (κ1) is 11.3. The fourth-order valence-electron chi connectivity index (χ4n) is 0.861. The molecule has 72 valence electrons. The van der Waals surface area contributed by atoms with Crippen molar-refractivity contribution in [3.63, 3.8) is 0 Å². The van der Waals surface area contributed by atoms with E-state index in [-0.39, 0.29) is 0 Å². The molecule has 4 heteroatoms. The first-order valence-corrected chi connectivity index (χ1v) is 6.28. The summed E-state index contributed by atoms with van der Waals surface area (Å²) in [6, 6.07) is 3.92. The van der Waals surface area contributed by atoms with Gasteiger partial charge in [0.25, 0.3) is 0 Å². The van der Waals surface area contributed by atoms with E-state index >= 15 is 0 Å². The van der Waals surface area contributed by atoms with Gasteiger partial charge in [-0.25, -0.2) is 4.98 Å². The molecule has 0 aliphatic carbocycles. The van der Waals surface area contributed by atoms with Gasteiger partial charge in [0, 0.05) is 21.8 Å². The molecule has 0 amide bonds. The molecule has 0 fully saturated rings. The molecule has 1 aromatic heterocycles. The van der Waals surface area contributed by atoms with Crippen LogP contribution in [0.3, 0.4) is 0 Å². The minimum Gasteiger partial charge on any atom is -0.249 e. The monoisotopic (exact) mass is 279 g/mol. The van der Waals surface area contributed by atoms with E-state index < -0.39 is 0 Å². The van der Waals surface area contributed by atoms with Crippen LogP contribution in [-0.4, -0.2) is 16.1 Å². The van der Waals surface area contributed by atoms with E-state index in [4.69, 9.17) is 11.6 Å². The number of nitrogens with zero attached hydrogens (tertiary/aromatic N) is 1. The number of halogens is 2. The third kappa shape index (κ3) is 3.88. The van der Waals surface area contributed by atoms with Crippen molar-refractivity contribution in [2.24, 2.45) is 0 Å². The van der Waals surface area contributed by atoms with Crippen molar-refractivity contribution in [2.45, 2.75) is 23.6 Å². The normalized spacial score (nSPS) is 12.8. The van der Waals surface area contributed by atoms with Crippen molar-refractivity contribution in [3.05, 3.63) is 22.8 Å². The number of thioether (sulfide) groups is 1. The summed E-state index contributed by atoms with van der Waals surface area (Å²) in [6.45, 7) is 2.16. The van der Waals surface area contributed by atoms with Crippen molar-refractivity contribution < 1.29 is 0 Å². The molecule has 0 saturated heterocycles. The Balaban J connectivity index is 2.58. The molecule has 1 aromatic rings. The summed E-state index contributed by atoms with van der Waals surface area (Å²) < 4.78 is 1.06. The van der Waals surface area contributed by atoms with Crippen molar-refractivity contribution >= 4 is 39.3 Å². The molecule has 1 nitrogen and oxygen atoms in total. The highest BCUT2D eigenvalue weighted by Gasteiger charge is 2.07. The average Bonchev–Trinajstić information content (AvgIpc) is 2.09. The van der Waals surface area contributed by atoms with Crippen LogP contribution >= 0.6 is 39.3 Å². The molecule has 0 bridgehead atoms. The van der Waals surface area contributed by atoms with Crippen LogP contribution in [0.25, 0.3) is 0 Å². The summed E-state index contributed by atoms with van der Waals surface area (Å²) in [7, 11) is 0. The molecule has 0 aromatic carbocycles. The van der Waals surface area contributed by atoms with Gasteiger partial charge in [-0.15, -0.1) is 23.4 Å². The van der Waals surface area contributed by atoms with Gasteiger partial charge < -0.3 is 0 Å². The molecule has 0 aliphatic heterocycles. The molecular weight excluding hydrogens is 270 g/mol. The maximum absolute atomic E-state index is 5.66. The second-order valence-electron chi connectivity index (χ2n) is 2.70. The van der Waals surface area contributed by atoms with Crippen LogP contribution in [-0.2, 0) is 0 Å². The smallest absolute Gasteiger partial charge is 0.110 e. The van der Waals surface area contributed by atoms with Crippen LogP contribution in [0.15, 0.2) is 27.8 Å². The number of aromatic nitrogens is 1. The van der Waals surface area contributed by atoms with Crippen LogP contribution in [0.5, 0.6) is 0 Å². The SMILES string of the molecule is CC(CCCl)Sc1ncccc1Br. The Labute approximate surface area is 96.4 Å². The lowest BCUT2D eigenvalue weighted by Gasteiger charge is -2.08. The number of hydrogen-bond donors (Lipinski definition) is 0. The number of rotatable bonds is 4. The zero-order valence-corrected chi connectivity index (χ0v) is 10.5. The molecule has 0 aliphatic rings. The molecule has 0 N–H and O–H groups in total.